The van der Waals surface area contributed by atoms with Gasteiger partial charge in [0, 0.05) is 11.3 Å². The van der Waals surface area contributed by atoms with Gasteiger partial charge in [0.1, 0.15) is 0 Å². The van der Waals surface area contributed by atoms with Crippen molar-refractivity contribution in [2.24, 2.45) is 0 Å². The summed E-state index contributed by atoms with van der Waals surface area (Å²) < 4.78 is 1.62. The summed E-state index contributed by atoms with van der Waals surface area (Å²) in [6.07, 6.45) is 1.82. The third-order valence-corrected chi connectivity index (χ3v) is 2.99. The van der Waals surface area contributed by atoms with E-state index in [9.17, 15) is 4.79 Å². The molecule has 17 heavy (non-hydrogen) atoms. The topological polar surface area (TPSA) is 37.8 Å². The molecular formula is C14H18N2O. The van der Waals surface area contributed by atoms with E-state index in [1.807, 2.05) is 38.1 Å². The number of aromatic amines is 1. The van der Waals surface area contributed by atoms with Gasteiger partial charge < -0.3 is 0 Å². The number of benzene rings is 1. The van der Waals surface area contributed by atoms with Crippen LogP contribution in [0, 0.1) is 13.8 Å². The molecule has 0 atom stereocenters. The molecule has 2 aromatic rings. The zero-order chi connectivity index (χ0) is 12.4. The summed E-state index contributed by atoms with van der Waals surface area (Å²) in [5, 5.41) is 3.14. The number of rotatable bonds is 3. The lowest BCUT2D eigenvalue weighted by molar-refractivity contribution is 0.832. The summed E-state index contributed by atoms with van der Waals surface area (Å²) in [6, 6.07) is 7.94. The minimum atomic E-state index is 0.0770. The first-order valence-electron chi connectivity index (χ1n) is 6.01. The summed E-state index contributed by atoms with van der Waals surface area (Å²) >= 11 is 0. The van der Waals surface area contributed by atoms with Crippen LogP contribution in [0.3, 0.4) is 0 Å². The van der Waals surface area contributed by atoms with Crippen LogP contribution in [0.2, 0.25) is 0 Å². The van der Waals surface area contributed by atoms with Crippen molar-refractivity contribution in [2.75, 3.05) is 0 Å². The van der Waals surface area contributed by atoms with Crippen LogP contribution in [-0.4, -0.2) is 9.78 Å². The van der Waals surface area contributed by atoms with E-state index in [4.69, 9.17) is 0 Å². The second kappa shape index (κ2) is 4.62. The first kappa shape index (κ1) is 11.7. The van der Waals surface area contributed by atoms with Gasteiger partial charge in [-0.2, -0.15) is 0 Å². The number of nitrogens with one attached hydrogen (secondary N) is 1. The molecule has 1 aromatic heterocycles. The van der Waals surface area contributed by atoms with Crippen molar-refractivity contribution < 1.29 is 0 Å². The smallest absolute Gasteiger partial charge is 0.274 e. The molecule has 0 radical (unpaired) electrons. The van der Waals surface area contributed by atoms with E-state index in [0.29, 0.717) is 0 Å². The van der Waals surface area contributed by atoms with Gasteiger partial charge in [0.2, 0.25) is 0 Å². The molecule has 0 aliphatic carbocycles. The van der Waals surface area contributed by atoms with Gasteiger partial charge >= 0.3 is 0 Å². The Kier molecular flexibility index (Phi) is 3.18. The van der Waals surface area contributed by atoms with Crippen molar-refractivity contribution in [1.82, 2.24) is 9.78 Å². The highest BCUT2D eigenvalue weighted by atomic mass is 16.1. The number of aryl methyl sites for hydroxylation is 2. The molecule has 3 nitrogen and oxygen atoms in total. The standard InChI is InChI=1S/C14H18N2O/c1-4-5-13-11(3)15-16(14(13)17)12-8-6-10(2)7-9-12/h6-9,15H,4-5H2,1-3H3. The molecular weight excluding hydrogens is 212 g/mol. The molecule has 2 rings (SSSR count). The summed E-state index contributed by atoms with van der Waals surface area (Å²) in [7, 11) is 0. The van der Waals surface area contributed by atoms with Crippen LogP contribution >= 0.6 is 0 Å². The molecule has 0 saturated carbocycles. The summed E-state index contributed by atoms with van der Waals surface area (Å²) in [4.78, 5) is 12.2. The molecule has 0 spiro atoms. The fraction of sp³-hybridized carbons (Fsp3) is 0.357. The van der Waals surface area contributed by atoms with Crippen LogP contribution in [0.1, 0.15) is 30.2 Å². The van der Waals surface area contributed by atoms with Gasteiger partial charge in [-0.25, -0.2) is 4.68 Å². The number of nitrogens with zero attached hydrogens (tertiary/aromatic N) is 1. The van der Waals surface area contributed by atoms with Crippen molar-refractivity contribution >= 4 is 0 Å². The van der Waals surface area contributed by atoms with Gasteiger partial charge in [-0.1, -0.05) is 31.0 Å². The highest BCUT2D eigenvalue weighted by Gasteiger charge is 2.10. The number of hydrogen-bond donors (Lipinski definition) is 1. The molecule has 0 unspecified atom stereocenters. The average Bonchev–Trinajstić information content (AvgIpc) is 2.59. The first-order chi connectivity index (χ1) is 8.13. The molecule has 0 saturated heterocycles. The molecule has 1 heterocycles. The maximum atomic E-state index is 12.2. The van der Waals surface area contributed by atoms with E-state index in [1.165, 1.54) is 5.56 Å². The Morgan fingerprint density at radius 2 is 1.82 bits per heavy atom. The third kappa shape index (κ3) is 2.18. The number of hydrogen-bond acceptors (Lipinski definition) is 1. The normalized spacial score (nSPS) is 10.8. The lowest BCUT2D eigenvalue weighted by Crippen LogP contribution is -2.17. The Morgan fingerprint density at radius 3 is 2.41 bits per heavy atom. The van der Waals surface area contributed by atoms with Crippen molar-refractivity contribution in [3.05, 3.63) is 51.4 Å². The zero-order valence-electron chi connectivity index (χ0n) is 10.6. The predicted molar refractivity (Wildman–Crippen MR) is 69.9 cm³/mol. The maximum Gasteiger partial charge on any atom is 0.274 e. The van der Waals surface area contributed by atoms with Crippen molar-refractivity contribution in [1.29, 1.82) is 0 Å². The van der Waals surface area contributed by atoms with E-state index in [-0.39, 0.29) is 5.56 Å². The van der Waals surface area contributed by atoms with Crippen molar-refractivity contribution in [2.45, 2.75) is 33.6 Å². The summed E-state index contributed by atoms with van der Waals surface area (Å²) in [6.45, 7) is 6.08. The van der Waals surface area contributed by atoms with E-state index in [0.717, 1.165) is 29.8 Å². The lowest BCUT2D eigenvalue weighted by atomic mass is 10.1. The number of H-pyrrole nitrogens is 1. The third-order valence-electron chi connectivity index (χ3n) is 2.99. The summed E-state index contributed by atoms with van der Waals surface area (Å²) in [5.41, 5.74) is 4.03. The summed E-state index contributed by atoms with van der Waals surface area (Å²) in [5.74, 6) is 0. The van der Waals surface area contributed by atoms with Crippen LogP contribution in [-0.2, 0) is 6.42 Å². The highest BCUT2D eigenvalue weighted by molar-refractivity contribution is 5.35. The number of aromatic nitrogens is 2. The second-order valence-electron chi connectivity index (χ2n) is 4.44. The van der Waals surface area contributed by atoms with Gasteiger partial charge in [-0.15, -0.1) is 0 Å². The second-order valence-corrected chi connectivity index (χ2v) is 4.44. The van der Waals surface area contributed by atoms with E-state index >= 15 is 0 Å². The fourth-order valence-electron chi connectivity index (χ4n) is 2.00. The molecule has 0 aliphatic heterocycles. The monoisotopic (exact) mass is 230 g/mol. The Hall–Kier alpha value is -1.77. The minimum absolute atomic E-state index is 0.0770. The van der Waals surface area contributed by atoms with Gasteiger partial charge in [-0.3, -0.25) is 9.89 Å². The van der Waals surface area contributed by atoms with Crippen LogP contribution in [0.25, 0.3) is 5.69 Å². The quantitative estimate of drug-likeness (QED) is 0.865. The Labute approximate surface area is 101 Å². The van der Waals surface area contributed by atoms with Crippen molar-refractivity contribution in [3.8, 4) is 5.69 Å². The first-order valence-corrected chi connectivity index (χ1v) is 6.01. The SMILES string of the molecule is CCCc1c(C)[nH]n(-c2ccc(C)cc2)c1=O. The van der Waals surface area contributed by atoms with Crippen LogP contribution in [0.4, 0.5) is 0 Å². The van der Waals surface area contributed by atoms with Crippen LogP contribution < -0.4 is 5.56 Å². The highest BCUT2D eigenvalue weighted by Crippen LogP contribution is 2.09. The lowest BCUT2D eigenvalue weighted by Gasteiger charge is -2.01. The van der Waals surface area contributed by atoms with Crippen molar-refractivity contribution in [3.63, 3.8) is 0 Å². The molecule has 1 aromatic carbocycles. The van der Waals surface area contributed by atoms with E-state index in [1.54, 1.807) is 4.68 Å². The van der Waals surface area contributed by atoms with Gasteiger partial charge in [-0.05, 0) is 32.4 Å². The molecule has 0 aliphatic rings. The minimum Gasteiger partial charge on any atom is -0.295 e. The van der Waals surface area contributed by atoms with E-state index in [2.05, 4.69) is 12.0 Å². The molecule has 0 amide bonds. The Morgan fingerprint density at radius 1 is 1.18 bits per heavy atom. The largest absolute Gasteiger partial charge is 0.295 e. The predicted octanol–water partition coefficient (Wildman–Crippen LogP) is 2.73. The van der Waals surface area contributed by atoms with Gasteiger partial charge in [0.25, 0.3) is 5.56 Å². The molecule has 0 fully saturated rings. The Bertz CT molecular complexity index is 561. The molecule has 0 bridgehead atoms. The van der Waals surface area contributed by atoms with Crippen LogP contribution in [0.5, 0.6) is 0 Å². The molecule has 3 heteroatoms. The Balaban J connectivity index is 2.50. The molecule has 90 valence electrons. The maximum absolute atomic E-state index is 12.2. The van der Waals surface area contributed by atoms with Gasteiger partial charge in [0.05, 0.1) is 5.69 Å². The zero-order valence-corrected chi connectivity index (χ0v) is 10.6. The van der Waals surface area contributed by atoms with Crippen LogP contribution in [0.15, 0.2) is 29.1 Å². The fourth-order valence-corrected chi connectivity index (χ4v) is 2.00. The average molecular weight is 230 g/mol. The van der Waals surface area contributed by atoms with E-state index < -0.39 is 0 Å². The van der Waals surface area contributed by atoms with Gasteiger partial charge in [0.15, 0.2) is 0 Å². The molecule has 1 N–H and O–H groups in total.